The second kappa shape index (κ2) is 6.34. The Morgan fingerprint density at radius 1 is 1.11 bits per heavy atom. The van der Waals surface area contributed by atoms with Gasteiger partial charge in [-0.3, -0.25) is 4.79 Å². The Balaban J connectivity index is 1.36. The van der Waals surface area contributed by atoms with Crippen LogP contribution in [0.3, 0.4) is 0 Å². The van der Waals surface area contributed by atoms with Crippen LogP contribution in [0.5, 0.6) is 0 Å². The van der Waals surface area contributed by atoms with Gasteiger partial charge in [-0.05, 0) is 43.0 Å². The fourth-order valence-corrected chi connectivity index (χ4v) is 4.28. The van der Waals surface area contributed by atoms with E-state index in [4.69, 9.17) is 4.52 Å². The molecular weight excluding hydrogens is 338 g/mol. The first kappa shape index (κ1) is 16.2. The molecule has 27 heavy (non-hydrogen) atoms. The molecule has 3 aromatic rings. The van der Waals surface area contributed by atoms with Crippen LogP contribution in [-0.2, 0) is 11.2 Å². The maximum absolute atomic E-state index is 12.7. The molecule has 2 atom stereocenters. The molecule has 1 amide bonds. The predicted molar refractivity (Wildman–Crippen MR) is 101 cm³/mol. The number of nitrogens with zero attached hydrogens (tertiary/aromatic N) is 3. The van der Waals surface area contributed by atoms with Crippen molar-refractivity contribution in [2.75, 3.05) is 6.54 Å². The van der Waals surface area contributed by atoms with Gasteiger partial charge in [0.25, 0.3) is 5.89 Å². The third-order valence-electron chi connectivity index (χ3n) is 5.74. The molecule has 1 fully saturated rings. The van der Waals surface area contributed by atoms with Gasteiger partial charge in [0.2, 0.25) is 5.91 Å². The second-order valence-electron chi connectivity index (χ2n) is 7.52. The van der Waals surface area contributed by atoms with Gasteiger partial charge < -0.3 is 9.42 Å². The quantitative estimate of drug-likeness (QED) is 0.708. The van der Waals surface area contributed by atoms with Gasteiger partial charge in [0.15, 0.2) is 5.82 Å². The number of fused-ring (bicyclic) bond motifs is 1. The van der Waals surface area contributed by atoms with E-state index in [0.717, 1.165) is 18.4 Å². The molecule has 1 aliphatic heterocycles. The van der Waals surface area contributed by atoms with E-state index in [1.165, 1.54) is 16.7 Å². The Kier molecular flexibility index (Phi) is 3.81. The Labute approximate surface area is 158 Å². The van der Waals surface area contributed by atoms with Crippen LogP contribution in [-0.4, -0.2) is 27.5 Å². The lowest BCUT2D eigenvalue weighted by molar-refractivity contribution is -0.129. The van der Waals surface area contributed by atoms with Crippen LogP contribution >= 0.6 is 0 Å². The number of benzene rings is 2. The van der Waals surface area contributed by atoms with Crippen LogP contribution in [0.25, 0.3) is 11.5 Å². The number of aryl methyl sites for hydroxylation is 2. The van der Waals surface area contributed by atoms with Crippen LogP contribution in [0, 0.1) is 6.92 Å². The Morgan fingerprint density at radius 2 is 1.93 bits per heavy atom. The van der Waals surface area contributed by atoms with Crippen molar-refractivity contribution < 1.29 is 9.32 Å². The van der Waals surface area contributed by atoms with Gasteiger partial charge in [-0.15, -0.1) is 0 Å². The fourth-order valence-electron chi connectivity index (χ4n) is 4.28. The number of hydrogen-bond acceptors (Lipinski definition) is 4. The molecule has 2 unspecified atom stereocenters. The number of amides is 1. The van der Waals surface area contributed by atoms with Gasteiger partial charge in [0.1, 0.15) is 0 Å². The number of hydrogen-bond donors (Lipinski definition) is 0. The van der Waals surface area contributed by atoms with Gasteiger partial charge in [-0.1, -0.05) is 47.1 Å². The van der Waals surface area contributed by atoms with Crippen molar-refractivity contribution in [1.82, 2.24) is 15.0 Å². The molecule has 1 aromatic heterocycles. The van der Waals surface area contributed by atoms with Crippen LogP contribution in [0.1, 0.15) is 47.3 Å². The van der Waals surface area contributed by atoms with Crippen molar-refractivity contribution >= 4 is 5.91 Å². The lowest BCUT2D eigenvalue weighted by Gasteiger charge is -2.25. The van der Waals surface area contributed by atoms with Gasteiger partial charge in [0, 0.05) is 24.4 Å². The summed E-state index contributed by atoms with van der Waals surface area (Å²) in [5.74, 6) is 1.33. The molecule has 0 bridgehead atoms. The minimum Gasteiger partial charge on any atom is -0.335 e. The number of aromatic nitrogens is 2. The van der Waals surface area contributed by atoms with Crippen LogP contribution in [0.4, 0.5) is 0 Å². The third kappa shape index (κ3) is 2.83. The maximum Gasteiger partial charge on any atom is 0.257 e. The third-order valence-corrected chi connectivity index (χ3v) is 5.74. The summed E-state index contributed by atoms with van der Waals surface area (Å²) in [5, 5.41) is 4.17. The normalized spacial score (nSPS) is 21.7. The van der Waals surface area contributed by atoms with E-state index in [0.29, 0.717) is 24.7 Å². The summed E-state index contributed by atoms with van der Waals surface area (Å²) >= 11 is 0. The topological polar surface area (TPSA) is 59.2 Å². The molecule has 136 valence electrons. The molecule has 1 saturated heterocycles. The van der Waals surface area contributed by atoms with Crippen molar-refractivity contribution in [3.8, 4) is 11.5 Å². The SMILES string of the molecule is Cc1ccc(-c2nc(C3CC(=O)N(C4CCc5ccccc54)C3)no2)cc1. The lowest BCUT2D eigenvalue weighted by Crippen LogP contribution is -2.28. The average molecular weight is 359 g/mol. The Morgan fingerprint density at radius 3 is 2.78 bits per heavy atom. The molecule has 2 aromatic carbocycles. The molecule has 5 rings (SSSR count). The van der Waals surface area contributed by atoms with Gasteiger partial charge in [-0.2, -0.15) is 4.98 Å². The highest BCUT2D eigenvalue weighted by atomic mass is 16.5. The highest BCUT2D eigenvalue weighted by Crippen LogP contribution is 2.40. The summed E-state index contributed by atoms with van der Waals surface area (Å²) in [7, 11) is 0. The summed E-state index contributed by atoms with van der Waals surface area (Å²) in [4.78, 5) is 19.3. The smallest absolute Gasteiger partial charge is 0.257 e. The summed E-state index contributed by atoms with van der Waals surface area (Å²) in [5.41, 5.74) is 4.75. The molecular formula is C22H21N3O2. The second-order valence-corrected chi connectivity index (χ2v) is 7.52. The lowest BCUT2D eigenvalue weighted by atomic mass is 10.1. The van der Waals surface area contributed by atoms with Crippen molar-refractivity contribution in [3.05, 3.63) is 71.0 Å². The Bertz CT molecular complexity index is 993. The van der Waals surface area contributed by atoms with Crippen molar-refractivity contribution in [2.45, 2.75) is 38.1 Å². The minimum absolute atomic E-state index is 0.00629. The highest BCUT2D eigenvalue weighted by Gasteiger charge is 2.39. The number of rotatable bonds is 3. The molecule has 0 spiro atoms. The van der Waals surface area contributed by atoms with Crippen molar-refractivity contribution in [1.29, 1.82) is 0 Å². The molecule has 1 aliphatic carbocycles. The van der Waals surface area contributed by atoms with Crippen molar-refractivity contribution in [2.24, 2.45) is 0 Å². The van der Waals surface area contributed by atoms with E-state index in [-0.39, 0.29) is 17.9 Å². The first-order valence-corrected chi connectivity index (χ1v) is 9.47. The molecule has 2 aliphatic rings. The molecule has 0 radical (unpaired) electrons. The first-order chi connectivity index (χ1) is 13.2. The van der Waals surface area contributed by atoms with Crippen LogP contribution < -0.4 is 0 Å². The molecule has 5 heteroatoms. The minimum atomic E-state index is -0.00629. The number of likely N-dealkylation sites (tertiary alicyclic amines) is 1. The maximum atomic E-state index is 12.7. The molecule has 0 N–H and O–H groups in total. The summed E-state index contributed by atoms with van der Waals surface area (Å²) in [6.45, 7) is 2.70. The number of carbonyl (C=O) groups is 1. The van der Waals surface area contributed by atoms with Gasteiger partial charge in [-0.25, -0.2) is 0 Å². The zero-order valence-electron chi connectivity index (χ0n) is 15.3. The van der Waals surface area contributed by atoms with Crippen LogP contribution in [0.15, 0.2) is 53.1 Å². The molecule has 2 heterocycles. The zero-order chi connectivity index (χ0) is 18.4. The molecule has 5 nitrogen and oxygen atoms in total. The Hall–Kier alpha value is -2.95. The van der Waals surface area contributed by atoms with Crippen molar-refractivity contribution in [3.63, 3.8) is 0 Å². The summed E-state index contributed by atoms with van der Waals surface area (Å²) in [6.07, 6.45) is 2.49. The highest BCUT2D eigenvalue weighted by molar-refractivity contribution is 5.80. The van der Waals surface area contributed by atoms with E-state index in [1.54, 1.807) is 0 Å². The largest absolute Gasteiger partial charge is 0.335 e. The zero-order valence-corrected chi connectivity index (χ0v) is 15.3. The number of carbonyl (C=O) groups excluding carboxylic acids is 1. The monoisotopic (exact) mass is 359 g/mol. The summed E-state index contributed by atoms with van der Waals surface area (Å²) < 4.78 is 5.46. The molecule has 0 saturated carbocycles. The van der Waals surface area contributed by atoms with Gasteiger partial charge >= 0.3 is 0 Å². The van der Waals surface area contributed by atoms with E-state index < -0.39 is 0 Å². The van der Waals surface area contributed by atoms with E-state index >= 15 is 0 Å². The van der Waals surface area contributed by atoms with Crippen LogP contribution in [0.2, 0.25) is 0 Å². The predicted octanol–water partition coefficient (Wildman–Crippen LogP) is 4.05. The van der Waals surface area contributed by atoms with Gasteiger partial charge in [0.05, 0.1) is 6.04 Å². The summed E-state index contributed by atoms with van der Waals surface area (Å²) in [6, 6.07) is 16.6. The average Bonchev–Trinajstić information content (AvgIpc) is 3.40. The van der Waals surface area contributed by atoms with E-state index in [9.17, 15) is 4.79 Å². The first-order valence-electron chi connectivity index (χ1n) is 9.47. The van der Waals surface area contributed by atoms with E-state index in [1.807, 2.05) is 36.1 Å². The fraction of sp³-hybridized carbons (Fsp3) is 0.318. The standard InChI is InChI=1S/C22H21N3O2/c1-14-6-8-16(9-7-14)22-23-21(24-27-22)17-12-20(26)25(13-17)19-11-10-15-4-2-3-5-18(15)19/h2-9,17,19H,10-13H2,1H3. The van der Waals surface area contributed by atoms with E-state index in [2.05, 4.69) is 34.4 Å².